The lowest BCUT2D eigenvalue weighted by molar-refractivity contribution is 0.0697. The lowest BCUT2D eigenvalue weighted by atomic mass is 10.2. The van der Waals surface area contributed by atoms with Gasteiger partial charge in [-0.15, -0.1) is 0 Å². The van der Waals surface area contributed by atoms with Crippen molar-refractivity contribution < 1.29 is 9.90 Å². The van der Waals surface area contributed by atoms with Crippen LogP contribution in [0, 0.1) is 0 Å². The molecule has 0 atom stereocenters. The van der Waals surface area contributed by atoms with Crippen molar-refractivity contribution in [3.8, 4) is 0 Å². The fourth-order valence-electron chi connectivity index (χ4n) is 2.13. The molecule has 6 nitrogen and oxygen atoms in total. The Bertz CT molecular complexity index is 850. The highest BCUT2D eigenvalue weighted by atomic mass is 16.4. The summed E-state index contributed by atoms with van der Waals surface area (Å²) in [5.41, 5.74) is 5.75. The zero-order chi connectivity index (χ0) is 15.5. The highest BCUT2D eigenvalue weighted by Crippen LogP contribution is 2.13. The van der Waals surface area contributed by atoms with Crippen molar-refractivity contribution in [2.45, 2.75) is 0 Å². The molecule has 6 heteroatoms. The molecule has 3 rings (SSSR count). The number of nitrogens with one attached hydrogen (secondary N) is 1. The molecule has 0 bridgehead atoms. The maximum atomic E-state index is 10.8. The van der Waals surface area contributed by atoms with Gasteiger partial charge in [0.1, 0.15) is 0 Å². The first-order valence-electron chi connectivity index (χ1n) is 6.69. The zero-order valence-corrected chi connectivity index (χ0v) is 11.9. The number of carbonyl (C=O) groups is 1. The van der Waals surface area contributed by atoms with Gasteiger partial charge in [-0.25, -0.2) is 9.78 Å². The van der Waals surface area contributed by atoms with Crippen LogP contribution >= 0.6 is 0 Å². The Labute approximate surface area is 126 Å². The van der Waals surface area contributed by atoms with E-state index in [-0.39, 0.29) is 5.56 Å². The van der Waals surface area contributed by atoms with E-state index in [0.717, 1.165) is 16.9 Å². The average Bonchev–Trinajstić information content (AvgIpc) is 2.85. The van der Waals surface area contributed by atoms with E-state index in [1.54, 1.807) is 18.3 Å². The lowest BCUT2D eigenvalue weighted by Crippen LogP contribution is -1.99. The third kappa shape index (κ3) is 2.67. The molecule has 3 aromatic rings. The van der Waals surface area contributed by atoms with Gasteiger partial charge in [0.15, 0.2) is 5.82 Å². The highest BCUT2D eigenvalue weighted by molar-refractivity contribution is 5.88. The van der Waals surface area contributed by atoms with Gasteiger partial charge in [-0.1, -0.05) is 12.1 Å². The normalized spacial score (nSPS) is 11.1. The molecular formula is C16H14N4O2. The van der Waals surface area contributed by atoms with Crippen LogP contribution in [0.1, 0.15) is 16.2 Å². The maximum Gasteiger partial charge on any atom is 0.335 e. The van der Waals surface area contributed by atoms with Crippen LogP contribution in [0.2, 0.25) is 0 Å². The van der Waals surface area contributed by atoms with E-state index in [1.165, 1.54) is 12.1 Å². The number of para-hydroxylation sites is 2. The molecule has 0 aliphatic heterocycles. The van der Waals surface area contributed by atoms with Gasteiger partial charge >= 0.3 is 5.97 Å². The average molecular weight is 294 g/mol. The van der Waals surface area contributed by atoms with Crippen molar-refractivity contribution in [2.24, 2.45) is 12.1 Å². The van der Waals surface area contributed by atoms with Crippen LogP contribution in [0.5, 0.6) is 0 Å². The molecule has 0 fully saturated rings. The molecule has 0 spiro atoms. The molecule has 0 aliphatic carbocycles. The van der Waals surface area contributed by atoms with E-state index in [4.69, 9.17) is 5.11 Å². The van der Waals surface area contributed by atoms with E-state index < -0.39 is 5.97 Å². The first-order chi connectivity index (χ1) is 10.6. The standard InChI is InChI=1S/C16H14N4O2/c1-20-14-5-3-2-4-13(14)18-15(20)10-17-19-12-8-6-11(7-9-12)16(21)22/h2-10,19H,1H3,(H,21,22)/b17-10+. The summed E-state index contributed by atoms with van der Waals surface area (Å²) < 4.78 is 1.95. The Hall–Kier alpha value is -3.15. The minimum Gasteiger partial charge on any atom is -0.478 e. The molecule has 0 saturated heterocycles. The zero-order valence-electron chi connectivity index (χ0n) is 11.9. The smallest absolute Gasteiger partial charge is 0.335 e. The number of hydrazone groups is 1. The summed E-state index contributed by atoms with van der Waals surface area (Å²) in [6.45, 7) is 0. The van der Waals surface area contributed by atoms with E-state index in [9.17, 15) is 4.79 Å². The van der Waals surface area contributed by atoms with Crippen molar-refractivity contribution in [2.75, 3.05) is 5.43 Å². The molecule has 0 saturated carbocycles. The molecule has 2 aromatic carbocycles. The quantitative estimate of drug-likeness (QED) is 0.573. The first kappa shape index (κ1) is 13.8. The van der Waals surface area contributed by atoms with Gasteiger partial charge in [-0.2, -0.15) is 5.10 Å². The van der Waals surface area contributed by atoms with Crippen LogP contribution in [0.3, 0.4) is 0 Å². The molecule has 1 heterocycles. The van der Waals surface area contributed by atoms with Crippen molar-refractivity contribution in [3.05, 3.63) is 59.9 Å². The maximum absolute atomic E-state index is 10.8. The van der Waals surface area contributed by atoms with Crippen LogP contribution in [0.4, 0.5) is 5.69 Å². The Morgan fingerprint density at radius 1 is 1.23 bits per heavy atom. The van der Waals surface area contributed by atoms with Crippen LogP contribution in [-0.4, -0.2) is 26.8 Å². The largest absolute Gasteiger partial charge is 0.478 e. The van der Waals surface area contributed by atoms with E-state index in [0.29, 0.717) is 5.69 Å². The predicted octanol–water partition coefficient (Wildman–Crippen LogP) is 2.72. The molecular weight excluding hydrogens is 280 g/mol. The SMILES string of the molecule is Cn1c(/C=N/Nc2ccc(C(=O)O)cc2)nc2ccccc21. The summed E-state index contributed by atoms with van der Waals surface area (Å²) in [4.78, 5) is 15.2. The summed E-state index contributed by atoms with van der Waals surface area (Å²) >= 11 is 0. The number of hydrogen-bond acceptors (Lipinski definition) is 4. The second kappa shape index (κ2) is 5.69. The minimum absolute atomic E-state index is 0.241. The number of carboxylic acids is 1. The summed E-state index contributed by atoms with van der Waals surface area (Å²) in [5.74, 6) is -0.217. The summed E-state index contributed by atoms with van der Waals surface area (Å²) in [5, 5.41) is 13.0. The number of fused-ring (bicyclic) bond motifs is 1. The Kier molecular flexibility index (Phi) is 3.57. The number of anilines is 1. The number of hydrogen-bond donors (Lipinski definition) is 2. The number of carboxylic acid groups (broad SMARTS) is 1. The van der Waals surface area contributed by atoms with Crippen LogP contribution < -0.4 is 5.43 Å². The molecule has 0 amide bonds. The molecule has 0 unspecified atom stereocenters. The topological polar surface area (TPSA) is 79.5 Å². The Balaban J connectivity index is 1.76. The summed E-state index contributed by atoms with van der Waals surface area (Å²) in [6, 6.07) is 14.2. The Morgan fingerprint density at radius 2 is 1.95 bits per heavy atom. The Morgan fingerprint density at radius 3 is 2.64 bits per heavy atom. The van der Waals surface area contributed by atoms with Gasteiger partial charge < -0.3 is 9.67 Å². The molecule has 1 aromatic heterocycles. The number of nitrogens with zero attached hydrogens (tertiary/aromatic N) is 3. The van der Waals surface area contributed by atoms with Gasteiger partial charge in [-0.3, -0.25) is 5.43 Å². The first-order valence-corrected chi connectivity index (χ1v) is 6.69. The van der Waals surface area contributed by atoms with Gasteiger partial charge in [0.05, 0.1) is 28.5 Å². The number of imidazole rings is 1. The fourth-order valence-corrected chi connectivity index (χ4v) is 2.13. The minimum atomic E-state index is -0.949. The van der Waals surface area contributed by atoms with Crippen molar-refractivity contribution in [1.82, 2.24) is 9.55 Å². The summed E-state index contributed by atoms with van der Waals surface area (Å²) in [7, 11) is 1.93. The van der Waals surface area contributed by atoms with Crippen LogP contribution in [-0.2, 0) is 7.05 Å². The van der Waals surface area contributed by atoms with E-state index in [1.807, 2.05) is 35.9 Å². The highest BCUT2D eigenvalue weighted by Gasteiger charge is 2.04. The van der Waals surface area contributed by atoms with Gasteiger partial charge in [0.25, 0.3) is 0 Å². The number of aryl methyl sites for hydroxylation is 1. The number of aromatic nitrogens is 2. The third-order valence-corrected chi connectivity index (χ3v) is 3.33. The predicted molar refractivity (Wildman–Crippen MR) is 85.3 cm³/mol. The fraction of sp³-hybridized carbons (Fsp3) is 0.0625. The van der Waals surface area contributed by atoms with Crippen molar-refractivity contribution >= 4 is 28.9 Å². The molecule has 0 aliphatic rings. The number of benzene rings is 2. The van der Waals surface area contributed by atoms with Gasteiger partial charge in [0.2, 0.25) is 0 Å². The molecule has 0 radical (unpaired) electrons. The lowest BCUT2D eigenvalue weighted by Gasteiger charge is -2.00. The van der Waals surface area contributed by atoms with Gasteiger partial charge in [0, 0.05) is 7.05 Å². The van der Waals surface area contributed by atoms with Crippen LogP contribution in [0.25, 0.3) is 11.0 Å². The molecule has 22 heavy (non-hydrogen) atoms. The number of aromatic carboxylic acids is 1. The monoisotopic (exact) mass is 294 g/mol. The van der Waals surface area contributed by atoms with E-state index in [2.05, 4.69) is 15.5 Å². The second-order valence-electron chi connectivity index (χ2n) is 4.77. The number of rotatable bonds is 4. The summed E-state index contributed by atoms with van der Waals surface area (Å²) in [6.07, 6.45) is 1.63. The molecule has 110 valence electrons. The van der Waals surface area contributed by atoms with Crippen LogP contribution in [0.15, 0.2) is 53.6 Å². The molecule has 2 N–H and O–H groups in total. The third-order valence-electron chi connectivity index (χ3n) is 3.33. The van der Waals surface area contributed by atoms with Gasteiger partial charge in [-0.05, 0) is 36.4 Å². The van der Waals surface area contributed by atoms with Crippen molar-refractivity contribution in [1.29, 1.82) is 0 Å². The second-order valence-corrected chi connectivity index (χ2v) is 4.77. The van der Waals surface area contributed by atoms with E-state index >= 15 is 0 Å². The van der Waals surface area contributed by atoms with Crippen molar-refractivity contribution in [3.63, 3.8) is 0 Å².